The van der Waals surface area contributed by atoms with Gasteiger partial charge in [0, 0.05) is 13.1 Å². The van der Waals surface area contributed by atoms with E-state index in [0.717, 1.165) is 19.5 Å². The Hall–Kier alpha value is -1.33. The zero-order chi connectivity index (χ0) is 12.9. The maximum Gasteiger partial charge on any atom is 0.0697 e. The number of nitrogens with zero attached hydrogens (tertiary/aromatic N) is 2. The molecule has 0 spiro atoms. The van der Waals surface area contributed by atoms with Crippen molar-refractivity contribution < 1.29 is 0 Å². The number of nitriles is 1. The second kappa shape index (κ2) is 5.84. The lowest BCUT2D eigenvalue weighted by Crippen LogP contribution is -2.31. The quantitative estimate of drug-likeness (QED) is 0.777. The van der Waals surface area contributed by atoms with Gasteiger partial charge < -0.3 is 4.90 Å². The van der Waals surface area contributed by atoms with Crippen molar-refractivity contribution in [3.8, 4) is 6.07 Å². The van der Waals surface area contributed by atoms with E-state index in [1.807, 2.05) is 13.8 Å². The van der Waals surface area contributed by atoms with Crippen molar-refractivity contribution in [3.05, 3.63) is 35.4 Å². The van der Waals surface area contributed by atoms with Crippen LogP contribution >= 0.6 is 0 Å². The first-order chi connectivity index (χ1) is 7.93. The Labute approximate surface area is 105 Å². The zero-order valence-electron chi connectivity index (χ0n) is 11.3. The van der Waals surface area contributed by atoms with E-state index in [1.54, 1.807) is 0 Å². The average molecular weight is 230 g/mol. The van der Waals surface area contributed by atoms with Crippen molar-refractivity contribution in [2.24, 2.45) is 5.41 Å². The maximum absolute atomic E-state index is 8.99. The summed E-state index contributed by atoms with van der Waals surface area (Å²) >= 11 is 0. The van der Waals surface area contributed by atoms with Crippen LogP contribution in [-0.2, 0) is 6.42 Å². The van der Waals surface area contributed by atoms with Crippen LogP contribution in [0.3, 0.4) is 0 Å². The van der Waals surface area contributed by atoms with Crippen LogP contribution in [0, 0.1) is 23.7 Å². The maximum atomic E-state index is 8.99. The van der Waals surface area contributed by atoms with Gasteiger partial charge in [0.2, 0.25) is 0 Å². The summed E-state index contributed by atoms with van der Waals surface area (Å²) in [6.07, 6.45) is 1.04. The number of hydrogen-bond donors (Lipinski definition) is 0. The molecule has 0 N–H and O–H groups in total. The Morgan fingerprint density at radius 2 is 2.06 bits per heavy atom. The topological polar surface area (TPSA) is 27.0 Å². The molecule has 0 aromatic heterocycles. The van der Waals surface area contributed by atoms with Gasteiger partial charge in [-0.25, -0.2) is 0 Å². The van der Waals surface area contributed by atoms with Gasteiger partial charge in [-0.05, 0) is 39.8 Å². The molecule has 2 heteroatoms. The number of benzene rings is 1. The van der Waals surface area contributed by atoms with Crippen LogP contribution in [0.15, 0.2) is 24.3 Å². The van der Waals surface area contributed by atoms with Gasteiger partial charge in [0.25, 0.3) is 0 Å². The molecule has 0 saturated carbocycles. The smallest absolute Gasteiger partial charge is 0.0697 e. The van der Waals surface area contributed by atoms with Crippen LogP contribution in [0.5, 0.6) is 0 Å². The lowest BCUT2D eigenvalue weighted by Gasteiger charge is -2.24. The minimum absolute atomic E-state index is 0.263. The Morgan fingerprint density at radius 3 is 2.65 bits per heavy atom. The van der Waals surface area contributed by atoms with Gasteiger partial charge in [0.05, 0.1) is 11.5 Å². The largest absolute Gasteiger partial charge is 0.304 e. The molecule has 17 heavy (non-hydrogen) atoms. The molecule has 92 valence electrons. The molecular weight excluding hydrogens is 208 g/mol. The van der Waals surface area contributed by atoms with Crippen LogP contribution in [0.4, 0.5) is 0 Å². The van der Waals surface area contributed by atoms with E-state index in [4.69, 9.17) is 5.26 Å². The normalized spacial score (nSPS) is 11.5. The fourth-order valence-corrected chi connectivity index (χ4v) is 1.98. The van der Waals surface area contributed by atoms with Crippen molar-refractivity contribution in [2.45, 2.75) is 27.2 Å². The van der Waals surface area contributed by atoms with E-state index in [0.29, 0.717) is 0 Å². The molecule has 0 unspecified atom stereocenters. The molecule has 2 nitrogen and oxygen atoms in total. The Balaban J connectivity index is 2.44. The fourth-order valence-electron chi connectivity index (χ4n) is 1.98. The van der Waals surface area contributed by atoms with Crippen molar-refractivity contribution in [1.29, 1.82) is 5.26 Å². The molecule has 0 heterocycles. The highest BCUT2D eigenvalue weighted by molar-refractivity contribution is 5.22. The highest BCUT2D eigenvalue weighted by atomic mass is 15.1. The SMILES string of the molecule is Cc1cccc(CCN(C)CC(C)(C)C#N)c1. The molecule has 1 rings (SSSR count). The molecule has 0 aliphatic heterocycles. The molecule has 0 aliphatic rings. The van der Waals surface area contributed by atoms with E-state index < -0.39 is 0 Å². The predicted octanol–water partition coefficient (Wildman–Crippen LogP) is 3.02. The van der Waals surface area contributed by atoms with Crippen molar-refractivity contribution in [3.63, 3.8) is 0 Å². The molecule has 0 fully saturated rings. The fraction of sp³-hybridized carbons (Fsp3) is 0.533. The summed E-state index contributed by atoms with van der Waals surface area (Å²) in [5.74, 6) is 0. The summed E-state index contributed by atoms with van der Waals surface area (Å²) in [6.45, 7) is 7.89. The minimum atomic E-state index is -0.263. The van der Waals surface area contributed by atoms with Gasteiger partial charge in [-0.15, -0.1) is 0 Å². The van der Waals surface area contributed by atoms with Crippen LogP contribution in [0.25, 0.3) is 0 Å². The lowest BCUT2D eigenvalue weighted by atomic mass is 9.95. The molecule has 0 bridgehead atoms. The summed E-state index contributed by atoms with van der Waals surface area (Å²) in [4.78, 5) is 2.23. The minimum Gasteiger partial charge on any atom is -0.304 e. The van der Waals surface area contributed by atoms with Crippen LogP contribution in [-0.4, -0.2) is 25.0 Å². The van der Waals surface area contributed by atoms with Crippen LogP contribution in [0.2, 0.25) is 0 Å². The first-order valence-corrected chi connectivity index (χ1v) is 6.08. The van der Waals surface area contributed by atoms with Crippen molar-refractivity contribution in [1.82, 2.24) is 4.90 Å². The predicted molar refractivity (Wildman–Crippen MR) is 71.8 cm³/mol. The molecule has 1 aromatic rings. The highest BCUT2D eigenvalue weighted by Gasteiger charge is 2.18. The first kappa shape index (κ1) is 13.7. The van der Waals surface area contributed by atoms with Gasteiger partial charge in [-0.2, -0.15) is 5.26 Å². The average Bonchev–Trinajstić information content (AvgIpc) is 2.26. The van der Waals surface area contributed by atoms with Gasteiger partial charge in [0.15, 0.2) is 0 Å². The first-order valence-electron chi connectivity index (χ1n) is 6.08. The van der Waals surface area contributed by atoms with Gasteiger partial charge in [-0.3, -0.25) is 0 Å². The number of likely N-dealkylation sites (N-methyl/N-ethyl adjacent to an activating group) is 1. The number of hydrogen-bond acceptors (Lipinski definition) is 2. The zero-order valence-corrected chi connectivity index (χ0v) is 11.3. The Kier molecular flexibility index (Phi) is 4.72. The van der Waals surface area contributed by atoms with E-state index in [1.165, 1.54) is 11.1 Å². The lowest BCUT2D eigenvalue weighted by molar-refractivity contribution is 0.258. The van der Waals surface area contributed by atoms with Crippen molar-refractivity contribution >= 4 is 0 Å². The van der Waals surface area contributed by atoms with Gasteiger partial charge in [0.1, 0.15) is 0 Å². The monoisotopic (exact) mass is 230 g/mol. The molecule has 0 saturated heterocycles. The molecule has 0 aliphatic carbocycles. The van der Waals surface area contributed by atoms with Crippen LogP contribution < -0.4 is 0 Å². The number of aryl methyl sites for hydroxylation is 1. The van der Waals surface area contributed by atoms with E-state index in [-0.39, 0.29) is 5.41 Å². The summed E-state index contributed by atoms with van der Waals surface area (Å²) in [5.41, 5.74) is 2.41. The molecule has 0 atom stereocenters. The van der Waals surface area contributed by atoms with Crippen LogP contribution in [0.1, 0.15) is 25.0 Å². The Bertz CT molecular complexity index is 402. The second-order valence-corrected chi connectivity index (χ2v) is 5.47. The summed E-state index contributed by atoms with van der Waals surface area (Å²) in [6, 6.07) is 10.9. The second-order valence-electron chi connectivity index (χ2n) is 5.47. The third-order valence-corrected chi connectivity index (χ3v) is 2.83. The standard InChI is InChI=1S/C15H22N2/c1-13-6-5-7-14(10-13)8-9-17(4)12-15(2,3)11-16/h5-7,10H,8-9,12H2,1-4H3. The summed E-state index contributed by atoms with van der Waals surface area (Å²) in [5, 5.41) is 8.99. The summed E-state index contributed by atoms with van der Waals surface area (Å²) < 4.78 is 0. The van der Waals surface area contributed by atoms with E-state index >= 15 is 0 Å². The van der Waals surface area contributed by atoms with E-state index in [2.05, 4.69) is 49.2 Å². The molecule has 0 radical (unpaired) electrons. The van der Waals surface area contributed by atoms with Gasteiger partial charge in [-0.1, -0.05) is 29.8 Å². The summed E-state index contributed by atoms with van der Waals surface area (Å²) in [7, 11) is 2.08. The molecule has 0 amide bonds. The molecular formula is C15H22N2. The van der Waals surface area contributed by atoms with Crippen molar-refractivity contribution in [2.75, 3.05) is 20.1 Å². The highest BCUT2D eigenvalue weighted by Crippen LogP contribution is 2.14. The Morgan fingerprint density at radius 1 is 1.35 bits per heavy atom. The third kappa shape index (κ3) is 5.01. The van der Waals surface area contributed by atoms with E-state index in [9.17, 15) is 0 Å². The third-order valence-electron chi connectivity index (χ3n) is 2.83. The molecule has 1 aromatic carbocycles. The van der Waals surface area contributed by atoms with Gasteiger partial charge >= 0.3 is 0 Å². The number of rotatable bonds is 5.